The van der Waals surface area contributed by atoms with Gasteiger partial charge in [0.2, 0.25) is 0 Å². The monoisotopic (exact) mass is 420 g/mol. The maximum atomic E-state index is 5.85. The molecule has 0 aliphatic rings. The lowest BCUT2D eigenvalue weighted by atomic mass is 10.1. The molecule has 4 rings (SSSR count). The van der Waals surface area contributed by atoms with E-state index in [0.717, 1.165) is 38.9 Å². The molecule has 0 aromatic heterocycles. The van der Waals surface area contributed by atoms with Gasteiger partial charge < -0.3 is 22.5 Å². The second-order valence-corrected chi connectivity index (χ2v) is 5.79. The van der Waals surface area contributed by atoms with E-state index in [1.54, 1.807) is 0 Å². The van der Waals surface area contributed by atoms with Crippen LogP contribution in [0.5, 0.6) is 0 Å². The number of anilines is 4. The van der Waals surface area contributed by atoms with Gasteiger partial charge in [-0.1, -0.05) is 90.1 Å². The van der Waals surface area contributed by atoms with Gasteiger partial charge in [-0.3, -0.25) is 0 Å². The van der Waals surface area contributed by atoms with Gasteiger partial charge in [-0.2, -0.15) is 0 Å². The molecule has 0 heterocycles. The van der Waals surface area contributed by atoms with Gasteiger partial charge in [0.1, 0.15) is 0 Å². The van der Waals surface area contributed by atoms with Crippen molar-refractivity contribution < 1.29 is 0 Å². The minimum absolute atomic E-state index is 0.778. The van der Waals surface area contributed by atoms with Crippen LogP contribution in [0, 0.1) is 0 Å². The summed E-state index contributed by atoms with van der Waals surface area (Å²) >= 11 is 0. The van der Waals surface area contributed by atoms with Crippen molar-refractivity contribution >= 4 is 44.3 Å². The lowest BCUT2D eigenvalue weighted by Crippen LogP contribution is -1.91. The van der Waals surface area contributed by atoms with Crippen molar-refractivity contribution in [3.8, 4) is 0 Å². The Hall–Kier alpha value is -3.40. The summed E-state index contributed by atoms with van der Waals surface area (Å²) in [5.74, 6) is 0. The number of hydrogen-bond donors (Lipinski definition) is 4. The van der Waals surface area contributed by atoms with Gasteiger partial charge in [0, 0.05) is 51.3 Å². The third-order valence-electron chi connectivity index (χ3n) is 4.21. The molecule has 0 fully saturated rings. The van der Waals surface area contributed by atoms with E-state index in [9.17, 15) is 0 Å². The van der Waals surface area contributed by atoms with Crippen molar-refractivity contribution in [3.63, 3.8) is 0 Å². The van der Waals surface area contributed by atoms with Crippen LogP contribution in [0.3, 0.4) is 0 Å². The Morgan fingerprint density at radius 3 is 1.10 bits per heavy atom. The molecule has 0 unspecified atom stereocenters. The lowest BCUT2D eigenvalue weighted by molar-refractivity contribution is 1.50. The first-order chi connectivity index (χ1) is 15.1. The van der Waals surface area contributed by atoms with E-state index in [0.29, 0.717) is 0 Å². The molecule has 0 amide bonds. The summed E-state index contributed by atoms with van der Waals surface area (Å²) in [6.45, 7) is 12.0. The van der Waals surface area contributed by atoms with Crippen LogP contribution in [0.4, 0.5) is 22.7 Å². The zero-order chi connectivity index (χ0) is 23.8. The fraction of sp³-hybridized carbons (Fsp3) is 0.259. The van der Waals surface area contributed by atoms with Gasteiger partial charge in [0.05, 0.1) is 0 Å². The molecule has 0 atom stereocenters. The number of fused-ring (bicyclic) bond motifs is 2. The third-order valence-corrected chi connectivity index (χ3v) is 4.21. The minimum atomic E-state index is 0.778. The van der Waals surface area contributed by atoms with Crippen molar-refractivity contribution in [3.05, 3.63) is 72.8 Å². The fourth-order valence-corrected chi connectivity index (χ4v) is 2.91. The Morgan fingerprint density at radius 1 is 0.452 bits per heavy atom. The number of nitrogens with one attached hydrogen (secondary N) is 1. The molecule has 0 saturated carbocycles. The summed E-state index contributed by atoms with van der Waals surface area (Å²) in [5, 5.41) is 7.47. The Bertz CT molecular complexity index is 985. The molecule has 4 aromatic rings. The van der Waals surface area contributed by atoms with E-state index < -0.39 is 0 Å². The van der Waals surface area contributed by atoms with E-state index in [1.807, 2.05) is 115 Å². The zero-order valence-electron chi connectivity index (χ0n) is 20.2. The van der Waals surface area contributed by atoms with Gasteiger partial charge in [-0.05, 0) is 24.3 Å². The van der Waals surface area contributed by atoms with Crippen molar-refractivity contribution in [2.45, 2.75) is 41.5 Å². The van der Waals surface area contributed by atoms with E-state index >= 15 is 0 Å². The van der Waals surface area contributed by atoms with E-state index in [4.69, 9.17) is 17.2 Å². The largest absolute Gasteiger partial charge is 0.398 e. The van der Waals surface area contributed by atoms with Gasteiger partial charge in [0.25, 0.3) is 0 Å². The SMILES string of the molecule is CC.CC.CC.CNc1cccc2c(N)cccc12.Nc1cccc2c(N)cccc12. The number of hydrogen-bond acceptors (Lipinski definition) is 4. The lowest BCUT2D eigenvalue weighted by Gasteiger charge is -2.06. The standard InChI is InChI=1S/C11H12N2.C10H10N2.3C2H6/c1-13-11-7-3-4-8-9(11)5-2-6-10(8)12;11-9-5-1-3-7-8(9)4-2-6-10(7)12;3*1-2/h2-7,13H,12H2,1H3;1-6H,11-12H2;3*1-2H3. The van der Waals surface area contributed by atoms with E-state index in [2.05, 4.69) is 11.4 Å². The molecule has 0 aliphatic heterocycles. The van der Waals surface area contributed by atoms with Crippen molar-refractivity contribution in [1.29, 1.82) is 0 Å². The number of nitrogen functional groups attached to an aromatic ring is 3. The molecule has 7 N–H and O–H groups in total. The minimum Gasteiger partial charge on any atom is -0.398 e. The van der Waals surface area contributed by atoms with Crippen molar-refractivity contribution in [2.75, 3.05) is 29.6 Å². The second-order valence-electron chi connectivity index (χ2n) is 5.79. The second kappa shape index (κ2) is 15.4. The molecule has 0 saturated heterocycles. The maximum Gasteiger partial charge on any atom is 0.0418 e. The van der Waals surface area contributed by atoms with Crippen LogP contribution >= 0.6 is 0 Å². The number of nitrogens with two attached hydrogens (primary N) is 3. The molecule has 4 nitrogen and oxygen atoms in total. The van der Waals surface area contributed by atoms with Crippen LogP contribution in [-0.2, 0) is 0 Å². The smallest absolute Gasteiger partial charge is 0.0418 e. The first kappa shape index (κ1) is 27.6. The van der Waals surface area contributed by atoms with Crippen LogP contribution < -0.4 is 22.5 Å². The summed E-state index contributed by atoms with van der Waals surface area (Å²) in [4.78, 5) is 0. The topological polar surface area (TPSA) is 90.1 Å². The number of rotatable bonds is 1. The van der Waals surface area contributed by atoms with Gasteiger partial charge in [-0.15, -0.1) is 0 Å². The average molecular weight is 421 g/mol. The van der Waals surface area contributed by atoms with Crippen LogP contribution in [-0.4, -0.2) is 7.05 Å². The predicted molar refractivity (Wildman–Crippen MR) is 145 cm³/mol. The normalized spacial score (nSPS) is 8.87. The fourth-order valence-electron chi connectivity index (χ4n) is 2.91. The Balaban J connectivity index is 0.000000470. The highest BCUT2D eigenvalue weighted by atomic mass is 14.8. The van der Waals surface area contributed by atoms with E-state index in [1.165, 1.54) is 5.39 Å². The van der Waals surface area contributed by atoms with Crippen molar-refractivity contribution in [2.24, 2.45) is 0 Å². The van der Waals surface area contributed by atoms with Crippen LogP contribution in [0.2, 0.25) is 0 Å². The Morgan fingerprint density at radius 2 is 0.742 bits per heavy atom. The molecular weight excluding hydrogens is 380 g/mol. The summed E-state index contributed by atoms with van der Waals surface area (Å²) < 4.78 is 0. The average Bonchev–Trinajstić information content (AvgIpc) is 2.84. The van der Waals surface area contributed by atoms with Crippen LogP contribution in [0.25, 0.3) is 21.5 Å². The third kappa shape index (κ3) is 7.41. The van der Waals surface area contributed by atoms with Crippen LogP contribution in [0.1, 0.15) is 41.5 Å². The molecule has 4 heteroatoms. The Labute approximate surface area is 188 Å². The van der Waals surface area contributed by atoms with E-state index in [-0.39, 0.29) is 0 Å². The maximum absolute atomic E-state index is 5.85. The molecule has 168 valence electrons. The Kier molecular flexibility index (Phi) is 13.7. The predicted octanol–water partition coefficient (Wildman–Crippen LogP) is 7.55. The summed E-state index contributed by atoms with van der Waals surface area (Å²) in [6.07, 6.45) is 0. The first-order valence-corrected chi connectivity index (χ1v) is 11.1. The molecule has 0 spiro atoms. The molecule has 0 aliphatic carbocycles. The summed E-state index contributed by atoms with van der Waals surface area (Å²) in [6, 6.07) is 23.6. The molecule has 4 aromatic carbocycles. The highest BCUT2D eigenvalue weighted by molar-refractivity contribution is 6.01. The number of benzene rings is 4. The van der Waals surface area contributed by atoms with Crippen LogP contribution in [0.15, 0.2) is 72.8 Å². The van der Waals surface area contributed by atoms with Gasteiger partial charge in [-0.25, -0.2) is 0 Å². The molecule has 0 radical (unpaired) electrons. The first-order valence-electron chi connectivity index (χ1n) is 11.1. The van der Waals surface area contributed by atoms with Gasteiger partial charge >= 0.3 is 0 Å². The molecular formula is C27H40N4. The highest BCUT2D eigenvalue weighted by Gasteiger charge is 2.00. The molecule has 31 heavy (non-hydrogen) atoms. The summed E-state index contributed by atoms with van der Waals surface area (Å²) in [5.41, 5.74) is 20.9. The van der Waals surface area contributed by atoms with Gasteiger partial charge in [0.15, 0.2) is 0 Å². The quantitative estimate of drug-likeness (QED) is 0.239. The van der Waals surface area contributed by atoms with Crippen molar-refractivity contribution in [1.82, 2.24) is 0 Å². The molecule has 0 bridgehead atoms. The highest BCUT2D eigenvalue weighted by Crippen LogP contribution is 2.27. The zero-order valence-corrected chi connectivity index (χ0v) is 20.2. The summed E-state index contributed by atoms with van der Waals surface area (Å²) in [7, 11) is 1.91.